The van der Waals surface area contributed by atoms with Gasteiger partial charge in [-0.25, -0.2) is 0 Å². The van der Waals surface area contributed by atoms with Crippen molar-refractivity contribution in [2.24, 2.45) is 0 Å². The van der Waals surface area contributed by atoms with Crippen LogP contribution in [0.25, 0.3) is 0 Å². The third-order valence-corrected chi connectivity index (χ3v) is 5.52. The van der Waals surface area contributed by atoms with Gasteiger partial charge in [0.1, 0.15) is 6.04 Å². The molecule has 0 heterocycles. The molecule has 0 fully saturated rings. The predicted octanol–water partition coefficient (Wildman–Crippen LogP) is 4.52. The van der Waals surface area contributed by atoms with Crippen LogP contribution in [0.3, 0.4) is 0 Å². The smallest absolute Gasteiger partial charge is 0.242 e. The first kappa shape index (κ1) is 22.3. The van der Waals surface area contributed by atoms with E-state index in [0.29, 0.717) is 29.6 Å². The molecule has 0 saturated heterocycles. The van der Waals surface area contributed by atoms with Gasteiger partial charge < -0.3 is 10.2 Å². The Morgan fingerprint density at radius 1 is 1.11 bits per heavy atom. The van der Waals surface area contributed by atoms with Crippen LogP contribution in [0, 0.1) is 0 Å². The molecule has 2 amide bonds. The van der Waals surface area contributed by atoms with E-state index in [4.69, 9.17) is 11.6 Å². The number of hydrogen-bond donors (Lipinski definition) is 1. The van der Waals surface area contributed by atoms with E-state index >= 15 is 0 Å². The molecule has 2 rings (SSSR count). The molecule has 2 aromatic rings. The van der Waals surface area contributed by atoms with Gasteiger partial charge in [-0.2, -0.15) is 0 Å². The van der Waals surface area contributed by atoms with Gasteiger partial charge in [0.2, 0.25) is 11.8 Å². The number of nitrogens with one attached hydrogen (secondary N) is 1. The standard InChI is InChI=1S/C22H27ClN2O2S/c1-3-12-24-22(27)17(2)25(14-18-8-5-4-6-9-18)21(26)16-28-15-19-10-7-11-20(23)13-19/h4-11,13,17H,3,12,14-16H2,1-2H3,(H,24,27)/t17-/m1/s1. The molecule has 0 radical (unpaired) electrons. The minimum Gasteiger partial charge on any atom is -0.354 e. The molecule has 0 aliphatic carbocycles. The van der Waals surface area contributed by atoms with Crippen LogP contribution in [0.2, 0.25) is 5.02 Å². The summed E-state index contributed by atoms with van der Waals surface area (Å²) in [5.74, 6) is 0.841. The zero-order valence-electron chi connectivity index (χ0n) is 16.4. The summed E-state index contributed by atoms with van der Waals surface area (Å²) in [5.41, 5.74) is 2.08. The molecular weight excluding hydrogens is 392 g/mol. The Morgan fingerprint density at radius 2 is 1.82 bits per heavy atom. The summed E-state index contributed by atoms with van der Waals surface area (Å²) in [4.78, 5) is 27.0. The molecule has 1 atom stereocenters. The van der Waals surface area contributed by atoms with Crippen LogP contribution in [0.15, 0.2) is 54.6 Å². The van der Waals surface area contributed by atoms with Gasteiger partial charge in [0.15, 0.2) is 0 Å². The van der Waals surface area contributed by atoms with Crippen LogP contribution < -0.4 is 5.32 Å². The number of hydrogen-bond acceptors (Lipinski definition) is 3. The number of halogens is 1. The zero-order valence-corrected chi connectivity index (χ0v) is 17.9. The van der Waals surface area contributed by atoms with Gasteiger partial charge in [-0.1, -0.05) is 61.0 Å². The lowest BCUT2D eigenvalue weighted by Crippen LogP contribution is -2.48. The SMILES string of the molecule is CCCNC(=O)[C@@H](C)N(Cc1ccccc1)C(=O)CSCc1cccc(Cl)c1. The lowest BCUT2D eigenvalue weighted by atomic mass is 10.1. The minimum atomic E-state index is -0.522. The monoisotopic (exact) mass is 418 g/mol. The van der Waals surface area contributed by atoms with E-state index in [1.54, 1.807) is 11.8 Å². The predicted molar refractivity (Wildman–Crippen MR) is 117 cm³/mol. The van der Waals surface area contributed by atoms with Crippen molar-refractivity contribution in [3.8, 4) is 0 Å². The summed E-state index contributed by atoms with van der Waals surface area (Å²) in [6, 6.07) is 16.9. The first-order chi connectivity index (χ1) is 13.5. The maximum atomic E-state index is 12.9. The summed E-state index contributed by atoms with van der Waals surface area (Å²) in [6.07, 6.45) is 0.862. The highest BCUT2D eigenvalue weighted by atomic mass is 35.5. The number of carbonyl (C=O) groups is 2. The third kappa shape index (κ3) is 7.21. The number of rotatable bonds is 10. The van der Waals surface area contributed by atoms with Crippen LogP contribution in [0.4, 0.5) is 0 Å². The summed E-state index contributed by atoms with van der Waals surface area (Å²) in [6.45, 7) is 4.82. The first-order valence-corrected chi connectivity index (χ1v) is 11.0. The first-order valence-electron chi connectivity index (χ1n) is 9.44. The Morgan fingerprint density at radius 3 is 2.50 bits per heavy atom. The van der Waals surface area contributed by atoms with Crippen LogP contribution >= 0.6 is 23.4 Å². The summed E-state index contributed by atoms with van der Waals surface area (Å²) < 4.78 is 0. The van der Waals surface area contributed by atoms with Crippen LogP contribution in [0.5, 0.6) is 0 Å². The molecule has 4 nitrogen and oxygen atoms in total. The van der Waals surface area contributed by atoms with Crippen molar-refractivity contribution in [1.82, 2.24) is 10.2 Å². The molecule has 0 spiro atoms. The van der Waals surface area contributed by atoms with Crippen molar-refractivity contribution < 1.29 is 9.59 Å². The van der Waals surface area contributed by atoms with E-state index in [0.717, 1.165) is 17.5 Å². The molecule has 1 N–H and O–H groups in total. The summed E-state index contributed by atoms with van der Waals surface area (Å²) in [5, 5.41) is 3.58. The maximum Gasteiger partial charge on any atom is 0.242 e. The van der Waals surface area contributed by atoms with Gasteiger partial charge in [0, 0.05) is 23.9 Å². The van der Waals surface area contributed by atoms with Crippen molar-refractivity contribution in [2.45, 2.75) is 38.6 Å². The molecule has 28 heavy (non-hydrogen) atoms. The average molecular weight is 419 g/mol. The van der Waals surface area contributed by atoms with Gasteiger partial charge in [-0.15, -0.1) is 11.8 Å². The Bertz CT molecular complexity index is 770. The summed E-state index contributed by atoms with van der Waals surface area (Å²) in [7, 11) is 0. The van der Waals surface area contributed by atoms with E-state index in [2.05, 4.69) is 5.32 Å². The lowest BCUT2D eigenvalue weighted by molar-refractivity contribution is -0.138. The quantitative estimate of drug-likeness (QED) is 0.617. The third-order valence-electron chi connectivity index (χ3n) is 4.30. The molecule has 0 saturated carbocycles. The van der Waals surface area contributed by atoms with Crippen molar-refractivity contribution in [3.63, 3.8) is 0 Å². The number of benzene rings is 2. The topological polar surface area (TPSA) is 49.4 Å². The highest BCUT2D eigenvalue weighted by Gasteiger charge is 2.25. The average Bonchev–Trinajstić information content (AvgIpc) is 2.70. The van der Waals surface area contributed by atoms with Crippen LogP contribution in [0.1, 0.15) is 31.4 Å². The largest absolute Gasteiger partial charge is 0.354 e. The number of thioether (sulfide) groups is 1. The molecule has 0 aromatic heterocycles. The second-order valence-corrected chi connectivity index (χ2v) is 8.02. The second-order valence-electron chi connectivity index (χ2n) is 6.60. The number of nitrogens with zero attached hydrogens (tertiary/aromatic N) is 1. The van der Waals surface area contributed by atoms with E-state index in [1.165, 1.54) is 11.8 Å². The van der Waals surface area contributed by atoms with Gasteiger partial charge in [0.05, 0.1) is 5.75 Å². The van der Waals surface area contributed by atoms with Crippen molar-refractivity contribution in [2.75, 3.05) is 12.3 Å². The van der Waals surface area contributed by atoms with Gasteiger partial charge >= 0.3 is 0 Å². The Hall–Kier alpha value is -1.98. The molecule has 0 unspecified atom stereocenters. The van der Waals surface area contributed by atoms with Gasteiger partial charge in [-0.05, 0) is 36.6 Å². The highest BCUT2D eigenvalue weighted by molar-refractivity contribution is 7.99. The fourth-order valence-corrected chi connectivity index (χ4v) is 3.80. The van der Waals surface area contributed by atoms with Gasteiger partial charge in [-0.3, -0.25) is 9.59 Å². The van der Waals surface area contributed by atoms with E-state index in [-0.39, 0.29) is 11.8 Å². The molecule has 0 aliphatic rings. The Labute approximate surface area is 176 Å². The van der Waals surface area contributed by atoms with Crippen molar-refractivity contribution >= 4 is 35.2 Å². The van der Waals surface area contributed by atoms with E-state index < -0.39 is 6.04 Å². The molecular formula is C22H27ClN2O2S. The lowest BCUT2D eigenvalue weighted by Gasteiger charge is -2.28. The number of amides is 2. The fraction of sp³-hybridized carbons (Fsp3) is 0.364. The zero-order chi connectivity index (χ0) is 20.4. The van der Waals surface area contributed by atoms with Crippen molar-refractivity contribution in [1.29, 1.82) is 0 Å². The Balaban J connectivity index is 2.01. The molecule has 150 valence electrons. The van der Waals surface area contributed by atoms with Gasteiger partial charge in [0.25, 0.3) is 0 Å². The maximum absolute atomic E-state index is 12.9. The van der Waals surface area contributed by atoms with Crippen LogP contribution in [-0.2, 0) is 21.9 Å². The molecule has 0 bridgehead atoms. The van der Waals surface area contributed by atoms with E-state index in [9.17, 15) is 9.59 Å². The minimum absolute atomic E-state index is 0.0463. The fourth-order valence-electron chi connectivity index (χ4n) is 2.72. The van der Waals surface area contributed by atoms with Crippen molar-refractivity contribution in [3.05, 3.63) is 70.7 Å². The molecule has 6 heteroatoms. The number of carbonyl (C=O) groups excluding carboxylic acids is 2. The van der Waals surface area contributed by atoms with Crippen LogP contribution in [-0.4, -0.2) is 35.1 Å². The second kappa shape index (κ2) is 11.8. The normalized spacial score (nSPS) is 11.7. The molecule has 0 aliphatic heterocycles. The molecule has 2 aromatic carbocycles. The highest BCUT2D eigenvalue weighted by Crippen LogP contribution is 2.18. The Kier molecular flexibility index (Phi) is 9.38. The van der Waals surface area contributed by atoms with E-state index in [1.807, 2.05) is 61.5 Å². The summed E-state index contributed by atoms with van der Waals surface area (Å²) >= 11 is 7.54.